The van der Waals surface area contributed by atoms with Crippen molar-refractivity contribution in [2.24, 2.45) is 10.9 Å². The molecule has 3 N–H and O–H groups in total. The molecule has 0 heterocycles. The van der Waals surface area contributed by atoms with Crippen LogP contribution in [0.1, 0.15) is 13.3 Å². The molecule has 5 heteroatoms. The predicted molar refractivity (Wildman–Crippen MR) is 77.3 cm³/mol. The molecule has 1 aromatic rings. The van der Waals surface area contributed by atoms with Gasteiger partial charge >= 0.3 is 0 Å². The minimum Gasteiger partial charge on any atom is -0.409 e. The van der Waals surface area contributed by atoms with Gasteiger partial charge in [0.15, 0.2) is 0 Å². The second-order valence-corrected chi connectivity index (χ2v) is 5.45. The zero-order valence-corrected chi connectivity index (χ0v) is 11.7. The van der Waals surface area contributed by atoms with E-state index in [2.05, 4.69) is 36.2 Å². The molecule has 0 spiro atoms. The molecular formula is C13H21N3OS. The highest BCUT2D eigenvalue weighted by atomic mass is 32.2. The number of amidine groups is 1. The van der Waals surface area contributed by atoms with Gasteiger partial charge in [0.25, 0.3) is 0 Å². The van der Waals surface area contributed by atoms with Crippen LogP contribution >= 0.6 is 11.8 Å². The van der Waals surface area contributed by atoms with Crippen LogP contribution in [0.15, 0.2) is 40.4 Å². The van der Waals surface area contributed by atoms with Crippen molar-refractivity contribution < 1.29 is 5.21 Å². The maximum atomic E-state index is 8.53. The summed E-state index contributed by atoms with van der Waals surface area (Å²) in [4.78, 5) is 3.50. The van der Waals surface area contributed by atoms with Gasteiger partial charge in [-0.25, -0.2) is 0 Å². The van der Waals surface area contributed by atoms with Crippen molar-refractivity contribution in [3.63, 3.8) is 0 Å². The van der Waals surface area contributed by atoms with Crippen LogP contribution < -0.4 is 5.73 Å². The fourth-order valence-electron chi connectivity index (χ4n) is 1.54. The SMILES string of the molecule is CC(CC(N)=NO)N(C)CCSc1ccccc1. The molecule has 0 saturated heterocycles. The summed E-state index contributed by atoms with van der Waals surface area (Å²) in [6.07, 6.45) is 0.586. The lowest BCUT2D eigenvalue weighted by atomic mass is 10.2. The highest BCUT2D eigenvalue weighted by Crippen LogP contribution is 2.17. The van der Waals surface area contributed by atoms with Gasteiger partial charge in [0, 0.05) is 29.7 Å². The second kappa shape index (κ2) is 8.00. The normalized spacial score (nSPS) is 13.8. The van der Waals surface area contributed by atoms with Gasteiger partial charge in [-0.1, -0.05) is 23.4 Å². The molecule has 1 rings (SSSR count). The first-order valence-corrected chi connectivity index (χ1v) is 6.96. The van der Waals surface area contributed by atoms with Gasteiger partial charge < -0.3 is 15.8 Å². The average Bonchev–Trinajstić information content (AvgIpc) is 2.39. The van der Waals surface area contributed by atoms with E-state index in [-0.39, 0.29) is 11.9 Å². The van der Waals surface area contributed by atoms with Crippen molar-refractivity contribution in [3.8, 4) is 0 Å². The van der Waals surface area contributed by atoms with Gasteiger partial charge in [-0.15, -0.1) is 11.8 Å². The Balaban J connectivity index is 2.26. The summed E-state index contributed by atoms with van der Waals surface area (Å²) in [5.41, 5.74) is 5.50. The molecule has 0 aliphatic heterocycles. The number of thioether (sulfide) groups is 1. The number of benzene rings is 1. The van der Waals surface area contributed by atoms with Crippen LogP contribution in [0.3, 0.4) is 0 Å². The molecule has 0 bridgehead atoms. The Morgan fingerprint density at radius 1 is 1.44 bits per heavy atom. The minimum atomic E-state index is 0.275. The zero-order chi connectivity index (χ0) is 13.4. The quantitative estimate of drug-likeness (QED) is 0.261. The van der Waals surface area contributed by atoms with Gasteiger partial charge in [0.05, 0.1) is 0 Å². The Bertz CT molecular complexity index is 370. The first-order chi connectivity index (χ1) is 8.63. The van der Waals surface area contributed by atoms with Crippen LogP contribution in [0.25, 0.3) is 0 Å². The molecule has 1 atom stereocenters. The fourth-order valence-corrected chi connectivity index (χ4v) is 2.51. The van der Waals surface area contributed by atoms with Crippen molar-refractivity contribution in [2.75, 3.05) is 19.3 Å². The summed E-state index contributed by atoms with van der Waals surface area (Å²) in [5, 5.41) is 11.5. The second-order valence-electron chi connectivity index (χ2n) is 4.29. The van der Waals surface area contributed by atoms with E-state index in [4.69, 9.17) is 10.9 Å². The smallest absolute Gasteiger partial charge is 0.140 e. The molecule has 18 heavy (non-hydrogen) atoms. The van der Waals surface area contributed by atoms with E-state index >= 15 is 0 Å². The van der Waals surface area contributed by atoms with Crippen LogP contribution in [0.4, 0.5) is 0 Å². The third-order valence-electron chi connectivity index (χ3n) is 2.84. The lowest BCUT2D eigenvalue weighted by Crippen LogP contribution is -2.34. The van der Waals surface area contributed by atoms with Crippen LogP contribution in [0.5, 0.6) is 0 Å². The number of hydrogen-bond donors (Lipinski definition) is 2. The minimum absolute atomic E-state index is 0.275. The number of nitrogens with two attached hydrogens (primary N) is 1. The van der Waals surface area contributed by atoms with E-state index in [1.807, 2.05) is 30.0 Å². The summed E-state index contributed by atoms with van der Waals surface area (Å²) < 4.78 is 0. The van der Waals surface area contributed by atoms with Gasteiger partial charge in [0.1, 0.15) is 5.84 Å². The van der Waals surface area contributed by atoms with E-state index in [9.17, 15) is 0 Å². The number of nitrogens with zero attached hydrogens (tertiary/aromatic N) is 2. The maximum Gasteiger partial charge on any atom is 0.140 e. The highest BCUT2D eigenvalue weighted by Gasteiger charge is 2.10. The van der Waals surface area contributed by atoms with Gasteiger partial charge in [-0.05, 0) is 26.1 Å². The third kappa shape index (κ3) is 5.42. The molecule has 0 saturated carbocycles. The third-order valence-corrected chi connectivity index (χ3v) is 3.83. The summed E-state index contributed by atoms with van der Waals surface area (Å²) in [7, 11) is 2.06. The van der Waals surface area contributed by atoms with Crippen molar-refractivity contribution >= 4 is 17.6 Å². The topological polar surface area (TPSA) is 61.9 Å². The molecule has 0 amide bonds. The lowest BCUT2D eigenvalue weighted by Gasteiger charge is -2.23. The summed E-state index contributed by atoms with van der Waals surface area (Å²) in [5.74, 6) is 1.31. The van der Waals surface area contributed by atoms with E-state index in [1.54, 1.807) is 0 Å². The Kier molecular flexibility index (Phi) is 6.60. The molecule has 100 valence electrons. The predicted octanol–water partition coefficient (Wildman–Crippen LogP) is 2.24. The largest absolute Gasteiger partial charge is 0.409 e. The molecule has 1 aromatic carbocycles. The molecule has 0 aliphatic rings. The number of rotatable bonds is 7. The zero-order valence-electron chi connectivity index (χ0n) is 10.9. The van der Waals surface area contributed by atoms with Gasteiger partial charge in [-0.2, -0.15) is 0 Å². The molecule has 0 aromatic heterocycles. The van der Waals surface area contributed by atoms with Crippen molar-refractivity contribution in [2.45, 2.75) is 24.3 Å². The van der Waals surface area contributed by atoms with Crippen molar-refractivity contribution in [3.05, 3.63) is 30.3 Å². The average molecular weight is 267 g/mol. The van der Waals surface area contributed by atoms with Crippen molar-refractivity contribution in [1.29, 1.82) is 0 Å². The summed E-state index contributed by atoms with van der Waals surface area (Å²) in [6.45, 7) is 3.05. The Hall–Kier alpha value is -1.20. The van der Waals surface area contributed by atoms with Crippen molar-refractivity contribution in [1.82, 2.24) is 4.90 Å². The number of hydrogen-bond acceptors (Lipinski definition) is 4. The van der Waals surface area contributed by atoms with Crippen LogP contribution in [-0.2, 0) is 0 Å². The van der Waals surface area contributed by atoms with E-state index in [0.29, 0.717) is 6.42 Å². The summed E-state index contributed by atoms with van der Waals surface area (Å²) >= 11 is 1.84. The van der Waals surface area contributed by atoms with Gasteiger partial charge in [-0.3, -0.25) is 0 Å². The molecule has 4 nitrogen and oxygen atoms in total. The van der Waals surface area contributed by atoms with Crippen LogP contribution in [0.2, 0.25) is 0 Å². The Labute approximate surface area is 113 Å². The molecule has 1 unspecified atom stereocenters. The Morgan fingerprint density at radius 3 is 2.72 bits per heavy atom. The molecule has 0 radical (unpaired) electrons. The lowest BCUT2D eigenvalue weighted by molar-refractivity contribution is 0.273. The highest BCUT2D eigenvalue weighted by molar-refractivity contribution is 7.99. The standard InChI is InChI=1S/C13H21N3OS/c1-11(10-13(14)15-17)16(2)8-9-18-12-6-4-3-5-7-12/h3-7,11,17H,8-10H2,1-2H3,(H2,14,15). The molecular weight excluding hydrogens is 246 g/mol. The fraction of sp³-hybridized carbons (Fsp3) is 0.462. The van der Waals surface area contributed by atoms with E-state index < -0.39 is 0 Å². The first-order valence-electron chi connectivity index (χ1n) is 5.98. The maximum absolute atomic E-state index is 8.53. The monoisotopic (exact) mass is 267 g/mol. The molecule has 0 fully saturated rings. The number of oxime groups is 1. The Morgan fingerprint density at radius 2 is 2.11 bits per heavy atom. The summed E-state index contributed by atoms with van der Waals surface area (Å²) in [6, 6.07) is 10.6. The van der Waals surface area contributed by atoms with E-state index in [1.165, 1.54) is 4.90 Å². The van der Waals surface area contributed by atoms with Gasteiger partial charge in [0.2, 0.25) is 0 Å². The first kappa shape index (κ1) is 14.9. The van der Waals surface area contributed by atoms with Crippen LogP contribution in [-0.4, -0.2) is 41.3 Å². The van der Waals surface area contributed by atoms with Crippen LogP contribution in [0, 0.1) is 0 Å². The molecule has 0 aliphatic carbocycles. The van der Waals surface area contributed by atoms with E-state index in [0.717, 1.165) is 12.3 Å².